The molecule has 2 N–H and O–H groups in total. The molecule has 0 saturated carbocycles. The van der Waals surface area contributed by atoms with Crippen LogP contribution in [0.2, 0.25) is 0 Å². The van der Waals surface area contributed by atoms with Gasteiger partial charge in [0.25, 0.3) is 4.45 Å². The first-order valence-electron chi connectivity index (χ1n) is 3.88. The Morgan fingerprint density at radius 1 is 1.27 bits per heavy atom. The van der Waals surface area contributed by atoms with Gasteiger partial charge in [-0.25, -0.2) is 0 Å². The quantitative estimate of drug-likeness (QED) is 0.560. The second kappa shape index (κ2) is 7.89. The predicted molar refractivity (Wildman–Crippen MR) is 62.4 cm³/mol. The van der Waals surface area contributed by atoms with E-state index in [0.717, 1.165) is 33.3 Å². The topological polar surface area (TPSA) is 91.7 Å². The molecule has 0 aliphatic carbocycles. The molecule has 8 heteroatoms. The average Bonchev–Trinajstić information content (AvgIpc) is 2.12. The van der Waals surface area contributed by atoms with E-state index in [1.54, 1.807) is 0 Å². The summed E-state index contributed by atoms with van der Waals surface area (Å²) in [5.41, 5.74) is 0. The van der Waals surface area contributed by atoms with E-state index in [1.165, 1.54) is 6.92 Å². The Balaban J connectivity index is 3.58. The van der Waals surface area contributed by atoms with Gasteiger partial charge in [0.1, 0.15) is 5.25 Å². The summed E-state index contributed by atoms with van der Waals surface area (Å²) >= 11 is 0.723. The summed E-state index contributed by atoms with van der Waals surface area (Å²) in [6.45, 7) is 1.42. The van der Waals surface area contributed by atoms with Gasteiger partial charge in [0.05, 0.1) is 6.42 Å². The molecule has 1 atom stereocenters. The number of thioether (sulfide) groups is 1. The van der Waals surface area contributed by atoms with Gasteiger partial charge in [-0.1, -0.05) is 22.6 Å². The summed E-state index contributed by atoms with van der Waals surface area (Å²) in [7, 11) is 1.99. The third-order valence-corrected chi connectivity index (χ3v) is 4.68. The molecule has 1 unspecified atom stereocenters. The maximum Gasteiger partial charge on any atom is 0.316 e. The van der Waals surface area contributed by atoms with Crippen molar-refractivity contribution in [2.24, 2.45) is 0 Å². The van der Waals surface area contributed by atoms with Crippen LogP contribution < -0.4 is 0 Å². The Labute approximate surface area is 98.8 Å². The van der Waals surface area contributed by atoms with Crippen molar-refractivity contribution in [3.63, 3.8) is 0 Å². The van der Waals surface area contributed by atoms with Crippen LogP contribution in [0.1, 0.15) is 13.3 Å². The molecule has 0 aromatic rings. The summed E-state index contributed by atoms with van der Waals surface area (Å²) in [6, 6.07) is 0. The van der Waals surface area contributed by atoms with Crippen molar-refractivity contribution in [3.05, 3.63) is 0 Å². The Morgan fingerprint density at radius 2 is 1.87 bits per heavy atom. The molecular formula is C7H10O5S3. The van der Waals surface area contributed by atoms with Crippen molar-refractivity contribution in [2.75, 3.05) is 5.75 Å². The fourth-order valence-corrected chi connectivity index (χ4v) is 3.43. The highest BCUT2D eigenvalue weighted by Crippen LogP contribution is 2.31. The van der Waals surface area contributed by atoms with Crippen molar-refractivity contribution >= 4 is 49.7 Å². The van der Waals surface area contributed by atoms with Crippen LogP contribution in [0.25, 0.3) is 0 Å². The SMILES string of the molecule is CC(SC(=O)SSCCC(=O)O)C(=O)O. The molecule has 0 bridgehead atoms. The van der Waals surface area contributed by atoms with Crippen LogP contribution in [0, 0.1) is 0 Å². The Morgan fingerprint density at radius 3 is 2.33 bits per heavy atom. The second-order valence-corrected chi connectivity index (χ2v) is 6.36. The average molecular weight is 270 g/mol. The normalized spacial score (nSPS) is 12.1. The van der Waals surface area contributed by atoms with Crippen molar-refractivity contribution in [2.45, 2.75) is 18.6 Å². The number of carbonyl (C=O) groups excluding carboxylic acids is 1. The zero-order chi connectivity index (χ0) is 11.8. The third kappa shape index (κ3) is 8.64. The fraction of sp³-hybridized carbons (Fsp3) is 0.571. The molecule has 0 spiro atoms. The molecule has 0 aromatic heterocycles. The summed E-state index contributed by atoms with van der Waals surface area (Å²) in [6.07, 6.45) is -0.00982. The molecule has 0 rings (SSSR count). The van der Waals surface area contributed by atoms with Crippen LogP contribution in [-0.4, -0.2) is 37.6 Å². The van der Waals surface area contributed by atoms with Crippen molar-refractivity contribution in [1.29, 1.82) is 0 Å². The standard InChI is InChI=1S/C7H10O5S3/c1-4(6(10)11)14-7(12)15-13-3-2-5(8)9/h4H,2-3H2,1H3,(H,8,9)(H,10,11). The minimum atomic E-state index is -1.04. The van der Waals surface area contributed by atoms with Crippen LogP contribution in [0.5, 0.6) is 0 Å². The van der Waals surface area contributed by atoms with E-state index >= 15 is 0 Å². The van der Waals surface area contributed by atoms with E-state index in [9.17, 15) is 14.4 Å². The van der Waals surface area contributed by atoms with E-state index in [1.807, 2.05) is 0 Å². The van der Waals surface area contributed by atoms with E-state index in [4.69, 9.17) is 10.2 Å². The Kier molecular flexibility index (Phi) is 7.71. The zero-order valence-electron chi connectivity index (χ0n) is 7.84. The molecule has 0 aliphatic rings. The highest BCUT2D eigenvalue weighted by Gasteiger charge is 2.17. The molecule has 0 aliphatic heterocycles. The summed E-state index contributed by atoms with van der Waals surface area (Å²) < 4.78 is -0.319. The fourth-order valence-electron chi connectivity index (χ4n) is 0.433. The van der Waals surface area contributed by atoms with Gasteiger partial charge in [-0.2, -0.15) is 0 Å². The highest BCUT2D eigenvalue weighted by atomic mass is 33.1. The molecular weight excluding hydrogens is 260 g/mol. The number of carboxylic acids is 2. The monoisotopic (exact) mass is 270 g/mol. The van der Waals surface area contributed by atoms with Gasteiger partial charge in [-0.05, 0) is 17.7 Å². The minimum Gasteiger partial charge on any atom is -0.481 e. The van der Waals surface area contributed by atoms with Gasteiger partial charge >= 0.3 is 11.9 Å². The van der Waals surface area contributed by atoms with Crippen LogP contribution in [0.3, 0.4) is 0 Å². The van der Waals surface area contributed by atoms with Gasteiger partial charge < -0.3 is 10.2 Å². The largest absolute Gasteiger partial charge is 0.481 e. The lowest BCUT2D eigenvalue weighted by Crippen LogP contribution is -2.12. The minimum absolute atomic E-state index is 0.00982. The van der Waals surface area contributed by atoms with Crippen LogP contribution in [0.15, 0.2) is 0 Å². The number of hydrogen-bond acceptors (Lipinski definition) is 6. The van der Waals surface area contributed by atoms with E-state index in [2.05, 4.69) is 0 Å². The number of rotatable bonds is 6. The van der Waals surface area contributed by atoms with Gasteiger partial charge in [0, 0.05) is 5.75 Å². The molecule has 0 aromatic carbocycles. The van der Waals surface area contributed by atoms with Crippen LogP contribution in [0.4, 0.5) is 4.79 Å². The number of aliphatic carboxylic acids is 2. The first kappa shape index (κ1) is 14.7. The van der Waals surface area contributed by atoms with Crippen molar-refractivity contribution in [3.8, 4) is 0 Å². The lowest BCUT2D eigenvalue weighted by atomic mass is 10.5. The zero-order valence-corrected chi connectivity index (χ0v) is 10.3. The van der Waals surface area contributed by atoms with Gasteiger partial charge in [-0.3, -0.25) is 14.4 Å². The molecule has 5 nitrogen and oxygen atoms in total. The molecule has 0 radical (unpaired) electrons. The molecule has 0 heterocycles. The number of carboxylic acid groups (broad SMARTS) is 2. The Bertz CT molecular complexity index is 255. The highest BCUT2D eigenvalue weighted by molar-refractivity contribution is 8.86. The third-order valence-electron chi connectivity index (χ3n) is 1.15. The summed E-state index contributed by atoms with van der Waals surface area (Å²) in [5, 5.41) is 16.0. The van der Waals surface area contributed by atoms with Gasteiger partial charge in [0.15, 0.2) is 0 Å². The number of hydrogen-bond donors (Lipinski definition) is 2. The smallest absolute Gasteiger partial charge is 0.316 e. The van der Waals surface area contributed by atoms with Crippen molar-refractivity contribution in [1.82, 2.24) is 0 Å². The van der Waals surface area contributed by atoms with Gasteiger partial charge in [-0.15, -0.1) is 0 Å². The first-order valence-corrected chi connectivity index (χ1v) is 7.08. The molecule has 0 fully saturated rings. The second-order valence-electron chi connectivity index (χ2n) is 2.40. The first-order chi connectivity index (χ1) is 6.93. The van der Waals surface area contributed by atoms with E-state index < -0.39 is 17.2 Å². The lowest BCUT2D eigenvalue weighted by molar-refractivity contribution is -0.137. The molecule has 0 saturated heterocycles. The van der Waals surface area contributed by atoms with Crippen LogP contribution >= 0.6 is 33.3 Å². The summed E-state index contributed by atoms with van der Waals surface area (Å²) in [5.74, 6) is -1.63. The van der Waals surface area contributed by atoms with E-state index in [0.29, 0.717) is 5.75 Å². The number of carbonyl (C=O) groups is 3. The van der Waals surface area contributed by atoms with Gasteiger partial charge in [0.2, 0.25) is 0 Å². The predicted octanol–water partition coefficient (Wildman–Crippen LogP) is 2.17. The maximum atomic E-state index is 11.1. The maximum absolute atomic E-state index is 11.1. The Hall–Kier alpha value is -0.340. The van der Waals surface area contributed by atoms with E-state index in [-0.39, 0.29) is 10.9 Å². The molecule has 15 heavy (non-hydrogen) atoms. The molecule has 86 valence electrons. The lowest BCUT2D eigenvalue weighted by Gasteiger charge is -2.02. The van der Waals surface area contributed by atoms with Crippen LogP contribution in [-0.2, 0) is 9.59 Å². The van der Waals surface area contributed by atoms with Crippen molar-refractivity contribution < 1.29 is 24.6 Å². The summed E-state index contributed by atoms with van der Waals surface area (Å²) in [4.78, 5) is 31.6. The molecule has 0 amide bonds.